The van der Waals surface area contributed by atoms with Gasteiger partial charge in [-0.1, -0.05) is 28.7 Å². The number of rotatable bonds is 7. The molecule has 160 valence electrons. The summed E-state index contributed by atoms with van der Waals surface area (Å²) in [6, 6.07) is 11.6. The van der Waals surface area contributed by atoms with Gasteiger partial charge in [-0.2, -0.15) is 4.52 Å². The van der Waals surface area contributed by atoms with Crippen molar-refractivity contribution in [2.45, 2.75) is 22.8 Å². The number of methoxy groups -OCH3 is 3. The van der Waals surface area contributed by atoms with Crippen molar-refractivity contribution in [2.24, 2.45) is 0 Å². The highest BCUT2D eigenvalue weighted by Crippen LogP contribution is 2.46. The molecule has 9 heteroatoms. The molecule has 0 saturated heterocycles. The summed E-state index contributed by atoms with van der Waals surface area (Å²) in [6.45, 7) is 0.503. The van der Waals surface area contributed by atoms with Crippen LogP contribution in [0.1, 0.15) is 23.7 Å². The van der Waals surface area contributed by atoms with Crippen molar-refractivity contribution in [3.63, 3.8) is 0 Å². The van der Waals surface area contributed by atoms with Gasteiger partial charge in [0, 0.05) is 33.4 Å². The number of hydrogen-bond donors (Lipinski definition) is 1. The molecule has 31 heavy (non-hydrogen) atoms. The number of anilines is 1. The van der Waals surface area contributed by atoms with Gasteiger partial charge < -0.3 is 19.5 Å². The Morgan fingerprint density at radius 2 is 1.87 bits per heavy atom. The largest absolute Gasteiger partial charge is 0.497 e. The molecule has 4 aromatic rings. The lowest BCUT2D eigenvalue weighted by atomic mass is 10.2. The minimum atomic E-state index is 0.399. The molecule has 0 radical (unpaired) electrons. The first-order valence-corrected chi connectivity index (χ1v) is 11.2. The van der Waals surface area contributed by atoms with Crippen LogP contribution in [-0.2, 0) is 6.54 Å². The Balaban J connectivity index is 1.59. The van der Waals surface area contributed by atoms with Crippen LogP contribution in [0.3, 0.4) is 0 Å². The number of nitrogens with one attached hydrogen (secondary N) is 1. The minimum Gasteiger partial charge on any atom is -0.497 e. The van der Waals surface area contributed by atoms with E-state index in [-0.39, 0.29) is 0 Å². The summed E-state index contributed by atoms with van der Waals surface area (Å²) in [6.07, 6.45) is 1.11. The quantitative estimate of drug-likeness (QED) is 0.283. The Morgan fingerprint density at radius 1 is 1.06 bits per heavy atom. The van der Waals surface area contributed by atoms with Gasteiger partial charge >= 0.3 is 0 Å². The van der Waals surface area contributed by atoms with E-state index in [2.05, 4.69) is 27.9 Å². The third-order valence-electron chi connectivity index (χ3n) is 5.48. The fourth-order valence-electron chi connectivity index (χ4n) is 3.66. The zero-order valence-corrected chi connectivity index (χ0v) is 19.6. The number of para-hydroxylation sites is 1. The van der Waals surface area contributed by atoms with Crippen molar-refractivity contribution in [3.05, 3.63) is 47.8 Å². The number of fused-ring (bicyclic) bond motifs is 3. The molecule has 5 rings (SSSR count). The number of benzene rings is 2. The third-order valence-corrected chi connectivity index (χ3v) is 6.85. The highest BCUT2D eigenvalue weighted by Gasteiger charge is 2.39. The van der Waals surface area contributed by atoms with Gasteiger partial charge in [0.15, 0.2) is 11.5 Å². The van der Waals surface area contributed by atoms with Gasteiger partial charge in [0.05, 0.1) is 21.3 Å². The van der Waals surface area contributed by atoms with E-state index in [1.54, 1.807) is 25.8 Å². The lowest BCUT2D eigenvalue weighted by Crippen LogP contribution is -2.09. The maximum absolute atomic E-state index is 5.56. The number of ether oxygens (including phenoxy) is 3. The van der Waals surface area contributed by atoms with Crippen LogP contribution in [0, 0.1) is 0 Å². The topological polar surface area (TPSA) is 82.8 Å². The maximum atomic E-state index is 5.56. The molecule has 2 atom stereocenters. The summed E-state index contributed by atoms with van der Waals surface area (Å²) in [7, 11) is 4.93. The Bertz CT molecular complexity index is 1280. The van der Waals surface area contributed by atoms with Crippen LogP contribution in [-0.4, -0.2) is 44.8 Å². The van der Waals surface area contributed by atoms with Crippen molar-refractivity contribution >= 4 is 45.1 Å². The van der Waals surface area contributed by atoms with E-state index in [4.69, 9.17) is 29.3 Å². The zero-order chi connectivity index (χ0) is 21.5. The van der Waals surface area contributed by atoms with Crippen molar-refractivity contribution in [1.29, 1.82) is 0 Å². The van der Waals surface area contributed by atoms with E-state index >= 15 is 0 Å². The van der Waals surface area contributed by atoms with Crippen LogP contribution in [0.2, 0.25) is 0 Å². The Kier molecular flexibility index (Phi) is 5.20. The fraction of sp³-hybridized carbons (Fsp3) is 0.318. The fourth-order valence-corrected chi connectivity index (χ4v) is 4.53. The first-order valence-electron chi connectivity index (χ1n) is 9.95. The molecule has 1 N–H and O–H groups in total. The van der Waals surface area contributed by atoms with Crippen molar-refractivity contribution < 1.29 is 14.2 Å². The highest BCUT2D eigenvalue weighted by atomic mass is 127. The molecule has 0 aliphatic heterocycles. The average Bonchev–Trinajstić information content (AvgIpc) is 3.36. The Hall–Kier alpha value is -2.82. The molecule has 1 saturated carbocycles. The van der Waals surface area contributed by atoms with Crippen molar-refractivity contribution in [3.8, 4) is 17.2 Å². The normalized spacial score (nSPS) is 17.7. The maximum Gasteiger partial charge on any atom is 0.226 e. The second-order valence-corrected chi connectivity index (χ2v) is 8.99. The van der Waals surface area contributed by atoms with Gasteiger partial charge in [0.1, 0.15) is 22.8 Å². The molecule has 2 aromatic carbocycles. The Morgan fingerprint density at radius 3 is 2.58 bits per heavy atom. The predicted molar refractivity (Wildman–Crippen MR) is 127 cm³/mol. The van der Waals surface area contributed by atoms with Crippen LogP contribution >= 0.6 is 22.6 Å². The smallest absolute Gasteiger partial charge is 0.226 e. The second kappa shape index (κ2) is 8.03. The molecule has 2 unspecified atom stereocenters. The average molecular weight is 531 g/mol. The number of halogens is 1. The van der Waals surface area contributed by atoms with Crippen LogP contribution in [0.4, 0.5) is 5.95 Å². The lowest BCUT2D eigenvalue weighted by molar-refractivity contribution is 0.391. The molecule has 0 spiro atoms. The number of alkyl halides is 1. The number of nitrogens with zero attached hydrogens (tertiary/aromatic N) is 4. The standard InChI is InChI=1S/C22H22IN5O3/c1-29-13-8-7-12(18(9-13)31-3)11-24-22-25-19-14(5-4-6-17(19)30-2)21-26-20(27-28(21)22)15-10-16(15)23/h4-9,15-16H,10-11H2,1-3H3,(H,24,25). The summed E-state index contributed by atoms with van der Waals surface area (Å²) >= 11 is 2.46. The molecule has 1 aliphatic carbocycles. The summed E-state index contributed by atoms with van der Waals surface area (Å²) in [5.74, 6) is 4.06. The summed E-state index contributed by atoms with van der Waals surface area (Å²) < 4.78 is 18.8. The van der Waals surface area contributed by atoms with E-state index in [0.29, 0.717) is 28.1 Å². The van der Waals surface area contributed by atoms with E-state index < -0.39 is 0 Å². The van der Waals surface area contributed by atoms with Crippen LogP contribution in [0.5, 0.6) is 17.2 Å². The first kappa shape index (κ1) is 20.1. The second-order valence-electron chi connectivity index (χ2n) is 7.39. The first-order chi connectivity index (χ1) is 15.1. The van der Waals surface area contributed by atoms with E-state index in [0.717, 1.165) is 45.9 Å². The van der Waals surface area contributed by atoms with Gasteiger partial charge in [-0.25, -0.2) is 9.97 Å². The molecular weight excluding hydrogens is 509 g/mol. The SMILES string of the molecule is COc1ccc(CNc2nc3c(OC)cccc3c3nc(C4CC4I)nn23)c(OC)c1. The van der Waals surface area contributed by atoms with E-state index in [1.807, 2.05) is 36.4 Å². The lowest BCUT2D eigenvalue weighted by Gasteiger charge is -2.13. The monoisotopic (exact) mass is 531 g/mol. The zero-order valence-electron chi connectivity index (χ0n) is 17.4. The number of hydrogen-bond acceptors (Lipinski definition) is 7. The summed E-state index contributed by atoms with van der Waals surface area (Å²) in [4.78, 5) is 9.72. The minimum absolute atomic E-state index is 0.399. The molecule has 1 fully saturated rings. The van der Waals surface area contributed by atoms with Gasteiger partial charge in [-0.3, -0.25) is 0 Å². The molecule has 2 heterocycles. The molecular formula is C22H22IN5O3. The van der Waals surface area contributed by atoms with Gasteiger partial charge in [-0.15, -0.1) is 5.10 Å². The van der Waals surface area contributed by atoms with Gasteiger partial charge in [0.25, 0.3) is 0 Å². The molecule has 1 aliphatic rings. The highest BCUT2D eigenvalue weighted by molar-refractivity contribution is 14.1. The van der Waals surface area contributed by atoms with Crippen molar-refractivity contribution in [2.75, 3.05) is 26.6 Å². The molecule has 2 aromatic heterocycles. The molecule has 0 amide bonds. The third kappa shape index (κ3) is 3.60. The van der Waals surface area contributed by atoms with E-state index in [9.17, 15) is 0 Å². The summed E-state index contributed by atoms with van der Waals surface area (Å²) in [5.41, 5.74) is 2.51. The predicted octanol–water partition coefficient (Wildman–Crippen LogP) is 4.21. The van der Waals surface area contributed by atoms with Gasteiger partial charge in [-0.05, 0) is 30.7 Å². The van der Waals surface area contributed by atoms with E-state index in [1.165, 1.54) is 0 Å². The molecule has 8 nitrogen and oxygen atoms in total. The van der Waals surface area contributed by atoms with Gasteiger partial charge in [0.2, 0.25) is 5.95 Å². The summed E-state index contributed by atoms with van der Waals surface area (Å²) in [5, 5.41) is 9.12. The van der Waals surface area contributed by atoms with Crippen LogP contribution in [0.25, 0.3) is 16.6 Å². The molecule has 0 bridgehead atoms. The number of aromatic nitrogens is 4. The van der Waals surface area contributed by atoms with Crippen LogP contribution in [0.15, 0.2) is 36.4 Å². The van der Waals surface area contributed by atoms with Crippen LogP contribution < -0.4 is 19.5 Å². The Labute approximate surface area is 193 Å². The van der Waals surface area contributed by atoms with Crippen molar-refractivity contribution in [1.82, 2.24) is 19.6 Å².